The lowest BCUT2D eigenvalue weighted by molar-refractivity contribution is 0.0507. The van der Waals surface area contributed by atoms with Gasteiger partial charge in [0.15, 0.2) is 0 Å². The van der Waals surface area contributed by atoms with E-state index < -0.39 is 5.97 Å². The smallest absolute Gasteiger partial charge is 0.338 e. The maximum absolute atomic E-state index is 11.9. The first-order valence-corrected chi connectivity index (χ1v) is 6.06. The van der Waals surface area contributed by atoms with Crippen LogP contribution in [0.3, 0.4) is 0 Å². The number of benzene rings is 2. The Hall–Kier alpha value is -2.36. The Balaban J connectivity index is 2.46. The van der Waals surface area contributed by atoms with Crippen molar-refractivity contribution in [3.05, 3.63) is 47.5 Å². The maximum Gasteiger partial charge on any atom is 0.338 e. The van der Waals surface area contributed by atoms with Gasteiger partial charge >= 0.3 is 11.9 Å². The van der Waals surface area contributed by atoms with Gasteiger partial charge in [0.2, 0.25) is 0 Å². The van der Waals surface area contributed by atoms with E-state index in [1.54, 1.807) is 30.3 Å². The zero-order valence-corrected chi connectivity index (χ0v) is 10.6. The largest absolute Gasteiger partial charge is 0.478 e. The number of hydrogen-bond donors (Lipinski definition) is 1. The van der Waals surface area contributed by atoms with Crippen molar-refractivity contribution in [3.63, 3.8) is 0 Å². The van der Waals surface area contributed by atoms with Crippen molar-refractivity contribution in [1.29, 1.82) is 0 Å². The predicted molar refractivity (Wildman–Crippen MR) is 71.5 cm³/mol. The van der Waals surface area contributed by atoms with Crippen LogP contribution in [0, 0.1) is 0 Å². The number of aromatic carboxylic acids is 1. The van der Waals surface area contributed by atoms with E-state index in [-0.39, 0.29) is 11.5 Å². The average molecular weight is 258 g/mol. The minimum Gasteiger partial charge on any atom is -0.478 e. The number of carbonyl (C=O) groups excluding carboxylic acids is 1. The van der Waals surface area contributed by atoms with Crippen LogP contribution in [-0.4, -0.2) is 23.7 Å². The number of carboxylic acid groups (broad SMARTS) is 1. The summed E-state index contributed by atoms with van der Waals surface area (Å²) in [6.45, 7) is 2.30. The Morgan fingerprint density at radius 3 is 2.68 bits per heavy atom. The molecule has 2 rings (SSSR count). The van der Waals surface area contributed by atoms with Gasteiger partial charge in [0.05, 0.1) is 17.7 Å². The molecule has 4 heteroatoms. The highest BCUT2D eigenvalue weighted by atomic mass is 16.5. The maximum atomic E-state index is 11.9. The third-order valence-electron chi connectivity index (χ3n) is 2.78. The number of fused-ring (bicyclic) bond motifs is 1. The van der Waals surface area contributed by atoms with E-state index in [0.717, 1.165) is 6.42 Å². The van der Waals surface area contributed by atoms with Gasteiger partial charge in [-0.2, -0.15) is 0 Å². The van der Waals surface area contributed by atoms with Gasteiger partial charge < -0.3 is 9.84 Å². The molecular weight excluding hydrogens is 244 g/mol. The van der Waals surface area contributed by atoms with E-state index in [1.165, 1.54) is 6.07 Å². The van der Waals surface area contributed by atoms with Crippen molar-refractivity contribution in [2.45, 2.75) is 13.3 Å². The normalized spacial score (nSPS) is 10.4. The molecule has 0 amide bonds. The zero-order chi connectivity index (χ0) is 13.8. The summed E-state index contributed by atoms with van der Waals surface area (Å²) in [6, 6.07) is 9.85. The molecule has 0 radical (unpaired) electrons. The monoisotopic (exact) mass is 258 g/mol. The molecule has 0 aliphatic rings. The molecule has 0 fully saturated rings. The number of carbonyl (C=O) groups is 2. The first-order chi connectivity index (χ1) is 9.13. The highest BCUT2D eigenvalue weighted by molar-refractivity contribution is 6.06. The van der Waals surface area contributed by atoms with Crippen LogP contribution in [0.25, 0.3) is 10.8 Å². The van der Waals surface area contributed by atoms with Gasteiger partial charge in [-0.3, -0.25) is 0 Å². The van der Waals surface area contributed by atoms with Crippen LogP contribution in [0.2, 0.25) is 0 Å². The third kappa shape index (κ3) is 2.73. The van der Waals surface area contributed by atoms with Crippen LogP contribution in [0.15, 0.2) is 36.4 Å². The SMILES string of the molecule is CCCOC(=O)c1cccc2cc(C(=O)O)ccc12. The van der Waals surface area contributed by atoms with Crippen LogP contribution >= 0.6 is 0 Å². The van der Waals surface area contributed by atoms with Crippen LogP contribution in [0.5, 0.6) is 0 Å². The first kappa shape index (κ1) is 13.1. The predicted octanol–water partition coefficient (Wildman–Crippen LogP) is 3.10. The Morgan fingerprint density at radius 1 is 1.21 bits per heavy atom. The van der Waals surface area contributed by atoms with Crippen molar-refractivity contribution in [2.75, 3.05) is 6.61 Å². The van der Waals surface area contributed by atoms with E-state index in [4.69, 9.17) is 9.84 Å². The van der Waals surface area contributed by atoms with Gasteiger partial charge in [-0.05, 0) is 35.4 Å². The van der Waals surface area contributed by atoms with Crippen LogP contribution in [0.4, 0.5) is 0 Å². The summed E-state index contributed by atoms with van der Waals surface area (Å²) >= 11 is 0. The fourth-order valence-electron chi connectivity index (χ4n) is 1.87. The molecule has 0 saturated heterocycles. The Bertz CT molecular complexity index is 631. The molecule has 2 aromatic rings. The summed E-state index contributed by atoms with van der Waals surface area (Å²) in [7, 11) is 0. The lowest BCUT2D eigenvalue weighted by Gasteiger charge is -2.07. The molecule has 0 bridgehead atoms. The number of carboxylic acids is 1. The summed E-state index contributed by atoms with van der Waals surface area (Å²) in [5.74, 6) is -1.36. The summed E-state index contributed by atoms with van der Waals surface area (Å²) in [4.78, 5) is 22.8. The van der Waals surface area contributed by atoms with Crippen molar-refractivity contribution < 1.29 is 19.4 Å². The lowest BCUT2D eigenvalue weighted by Crippen LogP contribution is -2.06. The lowest BCUT2D eigenvalue weighted by atomic mass is 10.0. The van der Waals surface area contributed by atoms with Crippen molar-refractivity contribution in [2.24, 2.45) is 0 Å². The van der Waals surface area contributed by atoms with E-state index in [1.807, 2.05) is 6.92 Å². The van der Waals surface area contributed by atoms with Gasteiger partial charge in [0.25, 0.3) is 0 Å². The molecule has 0 aromatic heterocycles. The molecule has 0 spiro atoms. The molecule has 0 saturated carbocycles. The summed E-state index contributed by atoms with van der Waals surface area (Å²) in [6.07, 6.45) is 0.764. The second-order valence-corrected chi connectivity index (χ2v) is 4.18. The van der Waals surface area contributed by atoms with Crippen LogP contribution < -0.4 is 0 Å². The molecular formula is C15H14O4. The van der Waals surface area contributed by atoms with Gasteiger partial charge in [0, 0.05) is 0 Å². The molecule has 4 nitrogen and oxygen atoms in total. The number of esters is 1. The third-order valence-corrected chi connectivity index (χ3v) is 2.78. The summed E-state index contributed by atoms with van der Waals surface area (Å²) in [5, 5.41) is 10.4. The fraction of sp³-hybridized carbons (Fsp3) is 0.200. The minimum atomic E-state index is -0.985. The Labute approximate surface area is 110 Å². The Kier molecular flexibility index (Phi) is 3.80. The van der Waals surface area contributed by atoms with Gasteiger partial charge in [-0.15, -0.1) is 0 Å². The van der Waals surface area contributed by atoms with Crippen molar-refractivity contribution in [1.82, 2.24) is 0 Å². The van der Waals surface area contributed by atoms with Crippen LogP contribution in [0.1, 0.15) is 34.1 Å². The van der Waals surface area contributed by atoms with Gasteiger partial charge in [0.1, 0.15) is 0 Å². The quantitative estimate of drug-likeness (QED) is 0.856. The molecule has 19 heavy (non-hydrogen) atoms. The molecule has 98 valence electrons. The van der Waals surface area contributed by atoms with Crippen molar-refractivity contribution >= 4 is 22.7 Å². The zero-order valence-electron chi connectivity index (χ0n) is 10.6. The molecule has 0 aliphatic carbocycles. The molecule has 0 unspecified atom stereocenters. The van der Waals surface area contributed by atoms with E-state index in [9.17, 15) is 9.59 Å². The van der Waals surface area contributed by atoms with Crippen LogP contribution in [-0.2, 0) is 4.74 Å². The topological polar surface area (TPSA) is 63.6 Å². The molecule has 1 N–H and O–H groups in total. The fourth-order valence-corrected chi connectivity index (χ4v) is 1.87. The highest BCUT2D eigenvalue weighted by Gasteiger charge is 2.12. The Morgan fingerprint density at radius 2 is 2.00 bits per heavy atom. The average Bonchev–Trinajstić information content (AvgIpc) is 2.43. The van der Waals surface area contributed by atoms with Crippen molar-refractivity contribution in [3.8, 4) is 0 Å². The second-order valence-electron chi connectivity index (χ2n) is 4.18. The molecule has 0 aliphatic heterocycles. The summed E-state index contributed by atoms with van der Waals surface area (Å²) in [5.41, 5.74) is 0.662. The van der Waals surface area contributed by atoms with Gasteiger partial charge in [-0.1, -0.05) is 25.1 Å². The van der Waals surface area contributed by atoms with E-state index >= 15 is 0 Å². The number of ether oxygens (including phenoxy) is 1. The minimum absolute atomic E-state index is 0.201. The molecule has 2 aromatic carbocycles. The number of hydrogen-bond acceptors (Lipinski definition) is 3. The van der Waals surface area contributed by atoms with E-state index in [0.29, 0.717) is 22.9 Å². The van der Waals surface area contributed by atoms with E-state index in [2.05, 4.69) is 0 Å². The molecule has 0 atom stereocenters. The second kappa shape index (κ2) is 5.52. The standard InChI is InChI=1S/C15H14O4/c1-2-8-19-15(18)13-5-3-4-10-9-11(14(16)17)6-7-12(10)13/h3-7,9H,2,8H2,1H3,(H,16,17). The highest BCUT2D eigenvalue weighted by Crippen LogP contribution is 2.21. The molecule has 0 heterocycles. The van der Waals surface area contributed by atoms with Gasteiger partial charge in [-0.25, -0.2) is 9.59 Å². The first-order valence-electron chi connectivity index (χ1n) is 6.06. The summed E-state index contributed by atoms with van der Waals surface area (Å²) < 4.78 is 5.11. The number of rotatable bonds is 4.